The van der Waals surface area contributed by atoms with Gasteiger partial charge in [0.2, 0.25) is 0 Å². The molecule has 0 saturated heterocycles. The Balaban J connectivity index is 0.000000808. The zero-order valence-electron chi connectivity index (χ0n) is 33.1. The van der Waals surface area contributed by atoms with Gasteiger partial charge in [-0.05, 0) is 110 Å². The molecule has 5 aliphatic rings. The summed E-state index contributed by atoms with van der Waals surface area (Å²) < 4.78 is 5.87. The maximum atomic E-state index is 14.4. The molecule has 0 unspecified atom stereocenters. The van der Waals surface area contributed by atoms with Gasteiger partial charge in [0.25, 0.3) is 0 Å². The van der Waals surface area contributed by atoms with Crippen LogP contribution in [0.1, 0.15) is 133 Å². The molecule has 5 rings (SSSR count). The summed E-state index contributed by atoms with van der Waals surface area (Å²) >= 11 is 0. The van der Waals surface area contributed by atoms with Crippen molar-refractivity contribution >= 4 is 29.7 Å². The smallest absolute Gasteiger partial charge is 0.550 e. The number of rotatable bonds is 7. The standard InChI is InChI=1S/C34H50O7.C5H11NO2.2Na/c1-29(2)23-10-13-34(7)27(32(23,5)12-11-24(29)41-26(38)9-8-25(36)37)22(35)18-20-21-19-31(4,28(39)40)15-14-30(21,3)16-17-33(20,34)6;1-3(2)4(6)5(7)8;;/h18,21,23-24,27H,8-17,19H2,1-7H3,(H,36,37)(H,39,40);3-4H,6H2,1-2H3,(H,7,8);;/q;;2*+1/p-2/t21-,23-,24-,27+,30+,31-,32-,33+,34+;4-;;/m00../s1. The predicted octanol–water partition coefficient (Wildman–Crippen LogP) is -1.78. The quantitative estimate of drug-likeness (QED) is 0.224. The molecule has 10 atom stereocenters. The van der Waals surface area contributed by atoms with Gasteiger partial charge < -0.3 is 35.4 Å². The van der Waals surface area contributed by atoms with E-state index in [9.17, 15) is 34.2 Å². The van der Waals surface area contributed by atoms with Crippen LogP contribution < -0.4 is 75.1 Å². The van der Waals surface area contributed by atoms with Crippen molar-refractivity contribution in [1.29, 1.82) is 0 Å². The third-order valence-corrected chi connectivity index (χ3v) is 14.8. The van der Waals surface area contributed by atoms with Gasteiger partial charge in [-0.15, -0.1) is 0 Å². The Bertz CT molecular complexity index is 1410. The summed E-state index contributed by atoms with van der Waals surface area (Å²) in [5.74, 6) is -3.44. The monoisotopic (exact) mass is 731 g/mol. The van der Waals surface area contributed by atoms with Crippen molar-refractivity contribution < 1.29 is 103 Å². The van der Waals surface area contributed by atoms with E-state index in [2.05, 4.69) is 41.5 Å². The van der Waals surface area contributed by atoms with E-state index < -0.39 is 35.3 Å². The molecule has 0 spiro atoms. The normalized spacial score (nSPS) is 39.7. The Morgan fingerprint density at radius 2 is 1.49 bits per heavy atom. The van der Waals surface area contributed by atoms with Crippen molar-refractivity contribution in [1.82, 2.24) is 0 Å². The average molecular weight is 732 g/mol. The summed E-state index contributed by atoms with van der Waals surface area (Å²) in [5, 5.41) is 31.3. The summed E-state index contributed by atoms with van der Waals surface area (Å²) in [4.78, 5) is 60.0. The van der Waals surface area contributed by atoms with Crippen LogP contribution in [0.5, 0.6) is 0 Å². The molecule has 10 nitrogen and oxygen atoms in total. The number of carbonyl (C=O) groups is 5. The molecule has 0 radical (unpaired) electrons. The van der Waals surface area contributed by atoms with E-state index in [-0.39, 0.29) is 135 Å². The Hall–Kier alpha value is -0.750. The van der Waals surface area contributed by atoms with Crippen LogP contribution in [0, 0.1) is 56.2 Å². The number of fused-ring (bicyclic) bond motifs is 7. The van der Waals surface area contributed by atoms with Gasteiger partial charge in [0.1, 0.15) is 12.1 Å². The number of carboxylic acids is 3. The number of hydrogen-bond donors (Lipinski definition) is 2. The molecule has 0 aliphatic heterocycles. The molecule has 51 heavy (non-hydrogen) atoms. The van der Waals surface area contributed by atoms with E-state index in [1.54, 1.807) is 13.8 Å². The van der Waals surface area contributed by atoms with Crippen LogP contribution in [0.3, 0.4) is 0 Å². The van der Waals surface area contributed by atoms with E-state index >= 15 is 0 Å². The van der Waals surface area contributed by atoms with Crippen LogP contribution in [0.4, 0.5) is 0 Å². The number of esters is 1. The van der Waals surface area contributed by atoms with Crippen molar-refractivity contribution in [2.75, 3.05) is 0 Å². The van der Waals surface area contributed by atoms with Crippen molar-refractivity contribution in [3.63, 3.8) is 0 Å². The number of aliphatic carboxylic acids is 3. The third kappa shape index (κ3) is 8.14. The minimum Gasteiger partial charge on any atom is -0.550 e. The van der Waals surface area contributed by atoms with Crippen molar-refractivity contribution in [3.05, 3.63) is 11.6 Å². The Kier molecular flexibility index (Phi) is 14.7. The minimum atomic E-state index is -1.26. The second-order valence-corrected chi connectivity index (χ2v) is 18.4. The van der Waals surface area contributed by atoms with E-state index in [0.717, 1.165) is 38.5 Å². The first-order valence-corrected chi connectivity index (χ1v) is 18.2. The summed E-state index contributed by atoms with van der Waals surface area (Å²) in [6.07, 6.45) is 8.26. The van der Waals surface area contributed by atoms with E-state index in [4.69, 9.17) is 15.6 Å². The first-order chi connectivity index (χ1) is 22.4. The predicted molar refractivity (Wildman–Crippen MR) is 179 cm³/mol. The molecule has 0 aromatic carbocycles. The molecule has 5 aliphatic carbocycles. The third-order valence-electron chi connectivity index (χ3n) is 14.8. The number of allylic oxidation sites excluding steroid dienone is 2. The first-order valence-electron chi connectivity index (χ1n) is 18.2. The molecule has 0 heterocycles. The zero-order valence-corrected chi connectivity index (χ0v) is 37.1. The van der Waals surface area contributed by atoms with E-state index in [1.807, 2.05) is 13.0 Å². The fraction of sp³-hybridized carbons (Fsp3) is 0.821. The minimum absolute atomic E-state index is 0. The number of hydrogen-bond acceptors (Lipinski definition) is 9. The molecule has 12 heteroatoms. The molecular formula is C39H59NNa2O9. The maximum absolute atomic E-state index is 14.4. The molecule has 0 aromatic rings. The molecule has 4 saturated carbocycles. The first kappa shape index (κ1) is 46.4. The molecule has 0 amide bonds. The zero-order chi connectivity index (χ0) is 37.1. The van der Waals surface area contributed by atoms with Gasteiger partial charge >= 0.3 is 71.1 Å². The second kappa shape index (κ2) is 16.2. The van der Waals surface area contributed by atoms with Crippen LogP contribution in [-0.2, 0) is 28.7 Å². The molecule has 0 bridgehead atoms. The van der Waals surface area contributed by atoms with E-state index in [1.165, 1.54) is 5.57 Å². The second-order valence-electron chi connectivity index (χ2n) is 18.4. The molecule has 3 N–H and O–H groups in total. The molecule has 4 fully saturated rings. The van der Waals surface area contributed by atoms with Gasteiger partial charge in [-0.25, -0.2) is 0 Å². The van der Waals surface area contributed by atoms with Gasteiger partial charge in [-0.3, -0.25) is 14.4 Å². The fourth-order valence-corrected chi connectivity index (χ4v) is 11.3. The van der Waals surface area contributed by atoms with Gasteiger partial charge in [-0.2, -0.15) is 0 Å². The number of carbonyl (C=O) groups excluding carboxylic acids is 4. The van der Waals surface area contributed by atoms with Crippen molar-refractivity contribution in [2.45, 2.75) is 145 Å². The maximum Gasteiger partial charge on any atom is 1.00 e. The number of carboxylic acid groups (broad SMARTS) is 3. The average Bonchev–Trinajstić information content (AvgIpc) is 2.99. The van der Waals surface area contributed by atoms with Crippen LogP contribution in [0.25, 0.3) is 0 Å². The van der Waals surface area contributed by atoms with Gasteiger partial charge in [0.15, 0.2) is 5.78 Å². The SMILES string of the molecule is CC(C)[C@H](N)C(=O)O.CC1(C)[C@@H](OC(=O)CCC(=O)[O-])CC[C@]2(C)[C@H]3C(=O)C=C4[C@@H]5C[C@@](C)(C(=O)[O-])CC[C@]5(C)CC[C@@]4(C)[C@]3(C)CC[C@@H]12.[Na+].[Na+]. The van der Waals surface area contributed by atoms with Crippen LogP contribution >= 0.6 is 0 Å². The number of nitrogens with two attached hydrogens (primary N) is 1. The van der Waals surface area contributed by atoms with Crippen molar-refractivity contribution in [2.24, 2.45) is 61.9 Å². The number of ether oxygens (including phenoxy) is 1. The van der Waals surface area contributed by atoms with Crippen molar-refractivity contribution in [3.8, 4) is 0 Å². The van der Waals surface area contributed by atoms with Gasteiger partial charge in [-0.1, -0.05) is 67.9 Å². The Morgan fingerprint density at radius 1 is 0.902 bits per heavy atom. The summed E-state index contributed by atoms with van der Waals surface area (Å²) in [7, 11) is 0. The topological polar surface area (TPSA) is 187 Å². The molecule has 0 aromatic heterocycles. The molecule has 276 valence electrons. The van der Waals surface area contributed by atoms with Crippen LogP contribution in [0.15, 0.2) is 11.6 Å². The summed E-state index contributed by atoms with van der Waals surface area (Å²) in [6, 6.07) is -0.713. The van der Waals surface area contributed by atoms with Crippen LogP contribution in [-0.4, -0.2) is 46.9 Å². The Labute approximate surface area is 348 Å². The van der Waals surface area contributed by atoms with Gasteiger partial charge in [0, 0.05) is 28.7 Å². The van der Waals surface area contributed by atoms with E-state index in [0.29, 0.717) is 19.3 Å². The summed E-state index contributed by atoms with van der Waals surface area (Å²) in [6.45, 7) is 18.9. The number of ketones is 1. The largest absolute Gasteiger partial charge is 1.00 e. The fourth-order valence-electron chi connectivity index (χ4n) is 11.3. The van der Waals surface area contributed by atoms with Gasteiger partial charge in [0.05, 0.1) is 6.42 Å². The molecular weight excluding hydrogens is 672 g/mol. The Morgan fingerprint density at radius 3 is 2.00 bits per heavy atom. The van der Waals surface area contributed by atoms with Crippen LogP contribution in [0.2, 0.25) is 0 Å². The summed E-state index contributed by atoms with van der Waals surface area (Å²) in [5.41, 5.74) is 4.34.